The number of aromatic nitrogens is 3. The lowest BCUT2D eigenvalue weighted by Crippen LogP contribution is -2.14. The molecule has 0 spiro atoms. The number of pyridine rings is 1. The van der Waals surface area contributed by atoms with Crippen LogP contribution < -0.4 is 5.56 Å². The smallest absolute Gasteiger partial charge is 0.279 e. The first-order valence-electron chi connectivity index (χ1n) is 4.30. The van der Waals surface area contributed by atoms with Gasteiger partial charge in [0.05, 0.1) is 0 Å². The molecule has 0 saturated heterocycles. The van der Waals surface area contributed by atoms with Gasteiger partial charge in [0.2, 0.25) is 0 Å². The fraction of sp³-hybridized carbons (Fsp3) is 0.111. The van der Waals surface area contributed by atoms with Gasteiger partial charge in [-0.05, 0) is 12.1 Å². The second-order valence-corrected chi connectivity index (χ2v) is 3.36. The Morgan fingerprint density at radius 1 is 1.50 bits per heavy atom. The summed E-state index contributed by atoms with van der Waals surface area (Å²) in [5.41, 5.74) is -0.823. The van der Waals surface area contributed by atoms with Crippen LogP contribution in [0.1, 0.15) is 12.1 Å². The number of hydrogen-bond acceptors (Lipinski definition) is 2. The normalized spacial score (nSPS) is 11.0. The van der Waals surface area contributed by atoms with Crippen LogP contribution in [0.15, 0.2) is 29.2 Å². The second-order valence-electron chi connectivity index (χ2n) is 3.00. The van der Waals surface area contributed by atoms with Crippen LogP contribution in [0, 0.1) is 0 Å². The molecule has 2 heterocycles. The molecule has 2 aromatic heterocycles. The lowest BCUT2D eigenvalue weighted by atomic mass is 10.4. The van der Waals surface area contributed by atoms with Gasteiger partial charge in [-0.2, -0.15) is 0 Å². The lowest BCUT2D eigenvalue weighted by molar-refractivity contribution is 0.145. The lowest BCUT2D eigenvalue weighted by Gasteiger charge is -2.02. The van der Waals surface area contributed by atoms with Crippen molar-refractivity contribution in [3.63, 3.8) is 0 Å². The molecule has 4 nitrogen and oxygen atoms in total. The van der Waals surface area contributed by atoms with Crippen molar-refractivity contribution in [1.82, 2.24) is 14.8 Å². The molecule has 0 bridgehead atoms. The maximum atomic E-state index is 12.3. The van der Waals surface area contributed by atoms with Crippen molar-refractivity contribution in [2.24, 2.45) is 0 Å². The number of H-pyrrole nitrogens is 1. The summed E-state index contributed by atoms with van der Waals surface area (Å²) in [6.07, 6.45) is -1.29. The van der Waals surface area contributed by atoms with Gasteiger partial charge >= 0.3 is 0 Å². The summed E-state index contributed by atoms with van der Waals surface area (Å²) >= 11 is 5.74. The Balaban J connectivity index is 2.57. The largest absolute Gasteiger partial charge is 0.289 e. The standard InChI is InChI=1S/C9H6ClF2N3O/c10-8-6(2-1-3-13-8)15-7(16)4-5(14-15)9(11)12/h1-4,9,14H. The van der Waals surface area contributed by atoms with Crippen molar-refractivity contribution in [1.29, 1.82) is 0 Å². The molecule has 0 fully saturated rings. The van der Waals surface area contributed by atoms with E-state index in [9.17, 15) is 13.6 Å². The molecule has 0 aliphatic rings. The zero-order valence-corrected chi connectivity index (χ0v) is 8.58. The van der Waals surface area contributed by atoms with E-state index < -0.39 is 17.7 Å². The van der Waals surface area contributed by atoms with E-state index in [2.05, 4.69) is 10.1 Å². The van der Waals surface area contributed by atoms with Crippen molar-refractivity contribution >= 4 is 11.6 Å². The topological polar surface area (TPSA) is 50.7 Å². The molecule has 1 N–H and O–H groups in total. The highest BCUT2D eigenvalue weighted by Gasteiger charge is 2.14. The van der Waals surface area contributed by atoms with Crippen molar-refractivity contribution in [3.05, 3.63) is 45.6 Å². The van der Waals surface area contributed by atoms with Gasteiger partial charge in [-0.15, -0.1) is 0 Å². The minimum absolute atomic E-state index is 0.0623. The SMILES string of the molecule is O=c1cc(C(F)F)[nH]n1-c1cccnc1Cl. The molecule has 7 heteroatoms. The minimum Gasteiger partial charge on any atom is -0.289 e. The highest BCUT2D eigenvalue weighted by molar-refractivity contribution is 6.31. The highest BCUT2D eigenvalue weighted by Crippen LogP contribution is 2.18. The summed E-state index contributed by atoms with van der Waals surface area (Å²) in [5, 5.41) is 2.33. The number of alkyl halides is 2. The Kier molecular flexibility index (Phi) is 2.74. The summed E-state index contributed by atoms with van der Waals surface area (Å²) < 4.78 is 25.6. The number of halogens is 3. The van der Waals surface area contributed by atoms with Gasteiger partial charge < -0.3 is 0 Å². The number of rotatable bonds is 2. The van der Waals surface area contributed by atoms with E-state index in [1.54, 1.807) is 6.07 Å². The van der Waals surface area contributed by atoms with E-state index in [4.69, 9.17) is 11.6 Å². The second kappa shape index (κ2) is 4.05. The molecular weight excluding hydrogens is 240 g/mol. The number of nitrogens with zero attached hydrogens (tertiary/aromatic N) is 2. The molecule has 0 saturated carbocycles. The average Bonchev–Trinajstić information content (AvgIpc) is 2.61. The minimum atomic E-state index is -2.73. The predicted octanol–water partition coefficient (Wildman–Crippen LogP) is 2.15. The van der Waals surface area contributed by atoms with Crippen LogP contribution in [-0.2, 0) is 0 Å². The van der Waals surface area contributed by atoms with Gasteiger partial charge in [0.15, 0.2) is 5.15 Å². The third kappa shape index (κ3) is 1.83. The summed E-state index contributed by atoms with van der Waals surface area (Å²) in [4.78, 5) is 15.2. The molecule has 84 valence electrons. The third-order valence-electron chi connectivity index (χ3n) is 1.96. The van der Waals surface area contributed by atoms with Crippen molar-refractivity contribution in [2.75, 3.05) is 0 Å². The van der Waals surface area contributed by atoms with Crippen LogP contribution in [0.5, 0.6) is 0 Å². The van der Waals surface area contributed by atoms with Crippen molar-refractivity contribution < 1.29 is 8.78 Å². The fourth-order valence-corrected chi connectivity index (χ4v) is 1.45. The highest BCUT2D eigenvalue weighted by atomic mass is 35.5. The number of hydrogen-bond donors (Lipinski definition) is 1. The molecule has 0 aliphatic heterocycles. The van der Waals surface area contributed by atoms with E-state index >= 15 is 0 Å². The Bertz CT molecular complexity index is 564. The van der Waals surface area contributed by atoms with E-state index in [1.807, 2.05) is 0 Å². The van der Waals surface area contributed by atoms with Crippen molar-refractivity contribution in [3.8, 4) is 5.69 Å². The number of nitrogens with one attached hydrogen (secondary N) is 1. The first-order valence-corrected chi connectivity index (χ1v) is 4.68. The van der Waals surface area contributed by atoms with Crippen LogP contribution in [0.25, 0.3) is 5.69 Å². The zero-order valence-electron chi connectivity index (χ0n) is 7.82. The third-order valence-corrected chi connectivity index (χ3v) is 2.25. The van der Waals surface area contributed by atoms with E-state index in [-0.39, 0.29) is 10.8 Å². The molecule has 0 aromatic carbocycles. The molecule has 0 unspecified atom stereocenters. The van der Waals surface area contributed by atoms with Crippen LogP contribution >= 0.6 is 11.6 Å². The number of aromatic amines is 1. The maximum absolute atomic E-state index is 12.3. The monoisotopic (exact) mass is 245 g/mol. The van der Waals surface area contributed by atoms with Crippen LogP contribution in [0.4, 0.5) is 8.78 Å². The Morgan fingerprint density at radius 3 is 2.81 bits per heavy atom. The summed E-state index contributed by atoms with van der Waals surface area (Å²) in [6, 6.07) is 3.88. The van der Waals surface area contributed by atoms with Crippen LogP contribution in [-0.4, -0.2) is 14.8 Å². The van der Waals surface area contributed by atoms with E-state index in [0.29, 0.717) is 0 Å². The molecular formula is C9H6ClF2N3O. The molecule has 0 amide bonds. The summed E-state index contributed by atoms with van der Waals surface area (Å²) in [6.45, 7) is 0. The van der Waals surface area contributed by atoms with E-state index in [0.717, 1.165) is 10.7 Å². The van der Waals surface area contributed by atoms with Gasteiger partial charge in [-0.25, -0.2) is 18.4 Å². The Morgan fingerprint density at radius 2 is 2.25 bits per heavy atom. The van der Waals surface area contributed by atoms with Gasteiger partial charge in [-0.3, -0.25) is 9.89 Å². The summed E-state index contributed by atoms with van der Waals surface area (Å²) in [5.74, 6) is 0. The van der Waals surface area contributed by atoms with Gasteiger partial charge in [0.25, 0.3) is 12.0 Å². The molecule has 2 aromatic rings. The predicted molar refractivity (Wildman–Crippen MR) is 54.2 cm³/mol. The summed E-state index contributed by atoms with van der Waals surface area (Å²) in [7, 11) is 0. The zero-order chi connectivity index (χ0) is 11.7. The molecule has 0 atom stereocenters. The van der Waals surface area contributed by atoms with Crippen LogP contribution in [0.2, 0.25) is 5.15 Å². The molecule has 0 aliphatic carbocycles. The van der Waals surface area contributed by atoms with Crippen molar-refractivity contribution in [2.45, 2.75) is 6.43 Å². The van der Waals surface area contributed by atoms with E-state index in [1.165, 1.54) is 12.3 Å². The fourth-order valence-electron chi connectivity index (χ4n) is 1.25. The van der Waals surface area contributed by atoms with Crippen LogP contribution in [0.3, 0.4) is 0 Å². The average molecular weight is 246 g/mol. The van der Waals surface area contributed by atoms with Gasteiger partial charge in [0, 0.05) is 12.3 Å². The molecule has 2 rings (SSSR count). The molecule has 0 radical (unpaired) electrons. The van der Waals surface area contributed by atoms with Gasteiger partial charge in [0.1, 0.15) is 11.4 Å². The first-order chi connectivity index (χ1) is 7.59. The van der Waals surface area contributed by atoms with Gasteiger partial charge in [-0.1, -0.05) is 11.6 Å². The Hall–Kier alpha value is -1.69. The quantitative estimate of drug-likeness (QED) is 0.825. The maximum Gasteiger partial charge on any atom is 0.279 e. The first kappa shape index (κ1) is 10.8. The molecule has 16 heavy (non-hydrogen) atoms. The Labute approximate surface area is 93.5 Å².